The molecule has 19 heavy (non-hydrogen) atoms. The summed E-state index contributed by atoms with van der Waals surface area (Å²) in [5.41, 5.74) is 2.11. The molecule has 0 spiro atoms. The van der Waals surface area contributed by atoms with Crippen LogP contribution in [0.5, 0.6) is 5.75 Å². The molecule has 3 aromatic rings. The van der Waals surface area contributed by atoms with Crippen LogP contribution in [-0.2, 0) is 6.61 Å². The van der Waals surface area contributed by atoms with Crippen molar-refractivity contribution >= 4 is 0 Å². The van der Waals surface area contributed by atoms with E-state index >= 15 is 0 Å². The lowest BCUT2D eigenvalue weighted by atomic mass is 10.2. The van der Waals surface area contributed by atoms with Gasteiger partial charge in [0.2, 0.25) is 0 Å². The number of aromatic nitrogens is 3. The number of nitrogens with zero attached hydrogens (tertiary/aromatic N) is 2. The Kier molecular flexibility index (Phi) is 3.23. The van der Waals surface area contributed by atoms with E-state index in [1.807, 2.05) is 54.6 Å². The quantitative estimate of drug-likeness (QED) is 0.775. The van der Waals surface area contributed by atoms with Gasteiger partial charge in [0.25, 0.3) is 0 Å². The molecule has 0 saturated carbocycles. The largest absolute Gasteiger partial charge is 0.489 e. The van der Waals surface area contributed by atoms with Crippen LogP contribution in [0.25, 0.3) is 11.4 Å². The van der Waals surface area contributed by atoms with Gasteiger partial charge in [-0.05, 0) is 17.7 Å². The second-order valence-electron chi connectivity index (χ2n) is 4.14. The topological polar surface area (TPSA) is 50.8 Å². The third kappa shape index (κ3) is 2.80. The molecular formula is C15H13N3O. The number of benzene rings is 2. The van der Waals surface area contributed by atoms with Crippen LogP contribution in [0.4, 0.5) is 0 Å². The second kappa shape index (κ2) is 5.35. The predicted octanol–water partition coefficient (Wildman–Crippen LogP) is 3.05. The fourth-order valence-electron chi connectivity index (χ4n) is 1.82. The molecule has 3 rings (SSSR count). The molecule has 0 fully saturated rings. The van der Waals surface area contributed by atoms with Gasteiger partial charge >= 0.3 is 0 Å². The predicted molar refractivity (Wildman–Crippen MR) is 72.6 cm³/mol. The van der Waals surface area contributed by atoms with Crippen LogP contribution in [0.3, 0.4) is 0 Å². The van der Waals surface area contributed by atoms with Crippen molar-refractivity contribution in [3.63, 3.8) is 0 Å². The molecular weight excluding hydrogens is 238 g/mol. The maximum atomic E-state index is 5.77. The van der Waals surface area contributed by atoms with Crippen molar-refractivity contribution in [3.8, 4) is 17.1 Å². The van der Waals surface area contributed by atoms with Gasteiger partial charge in [0.15, 0.2) is 5.82 Å². The van der Waals surface area contributed by atoms with Crippen molar-refractivity contribution in [2.75, 3.05) is 0 Å². The van der Waals surface area contributed by atoms with E-state index in [-0.39, 0.29) is 0 Å². The Morgan fingerprint density at radius 1 is 1.00 bits per heavy atom. The van der Waals surface area contributed by atoms with Crippen LogP contribution in [-0.4, -0.2) is 15.2 Å². The monoisotopic (exact) mass is 251 g/mol. The minimum absolute atomic E-state index is 0.556. The molecule has 0 aliphatic heterocycles. The minimum atomic E-state index is 0.556. The summed E-state index contributed by atoms with van der Waals surface area (Å²) >= 11 is 0. The Hall–Kier alpha value is -2.62. The molecule has 0 bridgehead atoms. The number of hydrogen-bond donors (Lipinski definition) is 1. The Morgan fingerprint density at radius 2 is 1.89 bits per heavy atom. The molecule has 0 saturated heterocycles. The summed E-state index contributed by atoms with van der Waals surface area (Å²) in [5.74, 6) is 1.56. The molecule has 1 heterocycles. The Balaban J connectivity index is 1.74. The molecule has 94 valence electrons. The van der Waals surface area contributed by atoms with Crippen molar-refractivity contribution in [3.05, 3.63) is 66.5 Å². The lowest BCUT2D eigenvalue weighted by Crippen LogP contribution is -1.95. The third-order valence-electron chi connectivity index (χ3n) is 2.77. The first kappa shape index (κ1) is 11.5. The van der Waals surface area contributed by atoms with Crippen molar-refractivity contribution in [1.82, 2.24) is 15.2 Å². The van der Waals surface area contributed by atoms with Gasteiger partial charge in [-0.3, -0.25) is 5.10 Å². The van der Waals surface area contributed by atoms with Crippen LogP contribution in [0.15, 0.2) is 60.9 Å². The summed E-state index contributed by atoms with van der Waals surface area (Å²) in [4.78, 5) is 4.12. The van der Waals surface area contributed by atoms with E-state index in [1.165, 1.54) is 6.33 Å². The Labute approximate surface area is 111 Å². The molecule has 0 radical (unpaired) electrons. The molecule has 2 aromatic carbocycles. The lowest BCUT2D eigenvalue weighted by molar-refractivity contribution is 0.306. The summed E-state index contributed by atoms with van der Waals surface area (Å²) in [6.45, 7) is 0.556. The molecule has 1 N–H and O–H groups in total. The summed E-state index contributed by atoms with van der Waals surface area (Å²) in [7, 11) is 0. The Morgan fingerprint density at radius 3 is 2.68 bits per heavy atom. The maximum absolute atomic E-state index is 5.77. The van der Waals surface area contributed by atoms with Gasteiger partial charge in [-0.1, -0.05) is 42.5 Å². The van der Waals surface area contributed by atoms with Crippen molar-refractivity contribution in [1.29, 1.82) is 0 Å². The van der Waals surface area contributed by atoms with Gasteiger partial charge in [0.1, 0.15) is 18.7 Å². The van der Waals surface area contributed by atoms with Crippen molar-refractivity contribution in [2.24, 2.45) is 0 Å². The zero-order valence-electron chi connectivity index (χ0n) is 10.3. The maximum Gasteiger partial charge on any atom is 0.155 e. The first-order valence-corrected chi connectivity index (χ1v) is 6.04. The molecule has 4 heteroatoms. The van der Waals surface area contributed by atoms with Gasteiger partial charge in [-0.15, -0.1) is 0 Å². The van der Waals surface area contributed by atoms with E-state index in [4.69, 9.17) is 4.74 Å². The first-order chi connectivity index (χ1) is 9.42. The number of H-pyrrole nitrogens is 1. The summed E-state index contributed by atoms with van der Waals surface area (Å²) in [5, 5.41) is 6.68. The normalized spacial score (nSPS) is 10.3. The van der Waals surface area contributed by atoms with Crippen LogP contribution in [0, 0.1) is 0 Å². The number of ether oxygens (including phenoxy) is 1. The second-order valence-corrected chi connectivity index (χ2v) is 4.14. The Bertz CT molecular complexity index is 636. The first-order valence-electron chi connectivity index (χ1n) is 6.04. The van der Waals surface area contributed by atoms with Crippen LogP contribution in [0.1, 0.15) is 5.56 Å². The lowest BCUT2D eigenvalue weighted by Gasteiger charge is -2.07. The van der Waals surface area contributed by atoms with Crippen LogP contribution < -0.4 is 4.74 Å². The minimum Gasteiger partial charge on any atom is -0.489 e. The molecule has 0 atom stereocenters. The summed E-state index contributed by atoms with van der Waals surface area (Å²) in [6, 6.07) is 17.9. The van der Waals surface area contributed by atoms with E-state index in [0.717, 1.165) is 22.7 Å². The van der Waals surface area contributed by atoms with Gasteiger partial charge in [-0.25, -0.2) is 4.98 Å². The number of aromatic amines is 1. The molecule has 0 aliphatic rings. The zero-order valence-corrected chi connectivity index (χ0v) is 10.3. The molecule has 4 nitrogen and oxygen atoms in total. The van der Waals surface area contributed by atoms with E-state index < -0.39 is 0 Å². The average Bonchev–Trinajstić information content (AvgIpc) is 3.01. The fourth-order valence-corrected chi connectivity index (χ4v) is 1.82. The van der Waals surface area contributed by atoms with Crippen LogP contribution in [0.2, 0.25) is 0 Å². The van der Waals surface area contributed by atoms with Crippen molar-refractivity contribution in [2.45, 2.75) is 6.61 Å². The van der Waals surface area contributed by atoms with E-state index in [2.05, 4.69) is 15.2 Å². The van der Waals surface area contributed by atoms with E-state index in [1.54, 1.807) is 0 Å². The molecule has 1 aromatic heterocycles. The SMILES string of the molecule is c1ccc(COc2cccc(-c3ncn[nH]3)c2)cc1. The summed E-state index contributed by atoms with van der Waals surface area (Å²) in [6.07, 6.45) is 1.49. The van der Waals surface area contributed by atoms with Gasteiger partial charge < -0.3 is 4.74 Å². The molecule has 0 aliphatic carbocycles. The van der Waals surface area contributed by atoms with Crippen molar-refractivity contribution < 1.29 is 4.74 Å². The fraction of sp³-hybridized carbons (Fsp3) is 0.0667. The highest BCUT2D eigenvalue weighted by Crippen LogP contribution is 2.21. The van der Waals surface area contributed by atoms with E-state index in [9.17, 15) is 0 Å². The summed E-state index contributed by atoms with van der Waals surface area (Å²) < 4.78 is 5.77. The highest BCUT2D eigenvalue weighted by atomic mass is 16.5. The standard InChI is InChI=1S/C15H13N3O/c1-2-5-12(6-3-1)10-19-14-8-4-7-13(9-14)15-16-11-17-18-15/h1-9,11H,10H2,(H,16,17,18). The van der Waals surface area contributed by atoms with E-state index in [0.29, 0.717) is 6.61 Å². The highest BCUT2D eigenvalue weighted by molar-refractivity contribution is 5.56. The van der Waals surface area contributed by atoms with Crippen LogP contribution >= 0.6 is 0 Å². The smallest absolute Gasteiger partial charge is 0.155 e. The number of rotatable bonds is 4. The third-order valence-corrected chi connectivity index (χ3v) is 2.77. The van der Waals surface area contributed by atoms with Gasteiger partial charge in [-0.2, -0.15) is 5.10 Å². The molecule has 0 amide bonds. The van der Waals surface area contributed by atoms with Gasteiger partial charge in [0.05, 0.1) is 0 Å². The average molecular weight is 251 g/mol. The van der Waals surface area contributed by atoms with Gasteiger partial charge in [0, 0.05) is 5.56 Å². The number of hydrogen-bond acceptors (Lipinski definition) is 3. The zero-order chi connectivity index (χ0) is 12.9. The highest BCUT2D eigenvalue weighted by Gasteiger charge is 2.02. The molecule has 0 unspecified atom stereocenters. The number of nitrogens with one attached hydrogen (secondary N) is 1.